The molecule has 4 rings (SSSR count). The third-order valence-corrected chi connectivity index (χ3v) is 4.63. The van der Waals surface area contributed by atoms with Gasteiger partial charge in [0.1, 0.15) is 6.54 Å². The van der Waals surface area contributed by atoms with Gasteiger partial charge in [0.15, 0.2) is 0 Å². The molecule has 3 aromatic rings. The Morgan fingerprint density at radius 3 is 2.37 bits per heavy atom. The van der Waals surface area contributed by atoms with Gasteiger partial charge in [-0.05, 0) is 43.7 Å². The Bertz CT molecular complexity index is 1090. The number of nitrogens with zero attached hydrogens (tertiary/aromatic N) is 2. The summed E-state index contributed by atoms with van der Waals surface area (Å²) in [6.07, 6.45) is 1.63. The van der Waals surface area contributed by atoms with Gasteiger partial charge in [-0.2, -0.15) is 0 Å². The normalized spacial score (nSPS) is 13.2. The first-order valence-electron chi connectivity index (χ1n) is 8.57. The van der Waals surface area contributed by atoms with Crippen LogP contribution >= 0.6 is 0 Å². The van der Waals surface area contributed by atoms with Crippen LogP contribution in [0.4, 0.5) is 5.69 Å². The van der Waals surface area contributed by atoms with Crippen LogP contribution < -0.4 is 5.32 Å². The Balaban J connectivity index is 1.59. The zero-order chi connectivity index (χ0) is 19.1. The number of rotatable bonds is 3. The van der Waals surface area contributed by atoms with Gasteiger partial charge in [-0.1, -0.05) is 23.8 Å². The average Bonchev–Trinajstić information content (AvgIpc) is 2.88. The maximum absolute atomic E-state index is 12.5. The minimum absolute atomic E-state index is 0.330. The van der Waals surface area contributed by atoms with Gasteiger partial charge in [-0.3, -0.25) is 24.3 Å². The van der Waals surface area contributed by atoms with Crippen molar-refractivity contribution in [3.63, 3.8) is 0 Å². The lowest BCUT2D eigenvalue weighted by Gasteiger charge is -2.15. The number of hydrogen-bond acceptors (Lipinski definition) is 4. The van der Waals surface area contributed by atoms with E-state index in [1.807, 2.05) is 26.0 Å². The number of pyridine rings is 1. The molecule has 2 heterocycles. The second-order valence-electron chi connectivity index (χ2n) is 6.63. The summed E-state index contributed by atoms with van der Waals surface area (Å²) in [5, 5.41) is 3.63. The molecule has 6 nitrogen and oxygen atoms in total. The fourth-order valence-electron chi connectivity index (χ4n) is 3.44. The predicted molar refractivity (Wildman–Crippen MR) is 102 cm³/mol. The van der Waals surface area contributed by atoms with Crippen LogP contribution in [0.5, 0.6) is 0 Å². The molecule has 0 unspecified atom stereocenters. The van der Waals surface area contributed by atoms with E-state index in [1.54, 1.807) is 36.5 Å². The van der Waals surface area contributed by atoms with Gasteiger partial charge in [0.25, 0.3) is 11.8 Å². The molecule has 1 N–H and O–H groups in total. The van der Waals surface area contributed by atoms with Crippen LogP contribution in [-0.2, 0) is 4.79 Å². The molecule has 2 aromatic carbocycles. The van der Waals surface area contributed by atoms with Crippen molar-refractivity contribution in [2.45, 2.75) is 13.8 Å². The second kappa shape index (κ2) is 6.32. The molecule has 1 aliphatic rings. The summed E-state index contributed by atoms with van der Waals surface area (Å²) in [7, 11) is 0. The van der Waals surface area contributed by atoms with Crippen molar-refractivity contribution in [3.05, 3.63) is 70.9 Å². The number of anilines is 1. The van der Waals surface area contributed by atoms with E-state index in [1.165, 1.54) is 0 Å². The van der Waals surface area contributed by atoms with Crippen molar-refractivity contribution < 1.29 is 14.4 Å². The third-order valence-electron chi connectivity index (χ3n) is 4.63. The number of nitrogens with one attached hydrogen (secondary N) is 1. The predicted octanol–water partition coefficient (Wildman–Crippen LogP) is 3.09. The van der Waals surface area contributed by atoms with Gasteiger partial charge < -0.3 is 5.32 Å². The molecule has 6 heteroatoms. The topological polar surface area (TPSA) is 79.4 Å². The van der Waals surface area contributed by atoms with E-state index in [9.17, 15) is 14.4 Å². The molecular weight excluding hydrogens is 342 g/mol. The van der Waals surface area contributed by atoms with Crippen LogP contribution in [0.25, 0.3) is 10.9 Å². The fraction of sp³-hybridized carbons (Fsp3) is 0.143. The van der Waals surface area contributed by atoms with E-state index in [0.29, 0.717) is 16.8 Å². The van der Waals surface area contributed by atoms with Crippen molar-refractivity contribution in [3.8, 4) is 0 Å². The quantitative estimate of drug-likeness (QED) is 0.729. The number of carbonyl (C=O) groups is 3. The number of fused-ring (bicyclic) bond motifs is 2. The molecule has 0 radical (unpaired) electrons. The first-order valence-corrected chi connectivity index (χ1v) is 8.57. The number of hydrogen-bond donors (Lipinski definition) is 1. The van der Waals surface area contributed by atoms with E-state index in [0.717, 1.165) is 26.9 Å². The Morgan fingerprint density at radius 2 is 1.70 bits per heavy atom. The molecule has 0 fully saturated rings. The summed E-state index contributed by atoms with van der Waals surface area (Å²) >= 11 is 0. The number of carbonyl (C=O) groups excluding carboxylic acids is 3. The van der Waals surface area contributed by atoms with Crippen molar-refractivity contribution in [2.24, 2.45) is 0 Å². The first kappa shape index (κ1) is 16.9. The highest BCUT2D eigenvalue weighted by molar-refractivity contribution is 6.22. The number of imide groups is 1. The van der Waals surface area contributed by atoms with Crippen molar-refractivity contribution in [1.82, 2.24) is 9.88 Å². The molecule has 1 aromatic heterocycles. The molecule has 27 heavy (non-hydrogen) atoms. The van der Waals surface area contributed by atoms with Gasteiger partial charge in [0.05, 0.1) is 22.3 Å². The molecule has 0 aliphatic carbocycles. The Kier molecular flexibility index (Phi) is 3.96. The largest absolute Gasteiger partial charge is 0.324 e. The Labute approximate surface area is 155 Å². The van der Waals surface area contributed by atoms with Crippen LogP contribution in [0.3, 0.4) is 0 Å². The smallest absolute Gasteiger partial charge is 0.262 e. The summed E-state index contributed by atoms with van der Waals surface area (Å²) in [5.41, 5.74) is 4.14. The summed E-state index contributed by atoms with van der Waals surface area (Å²) in [5.74, 6) is -1.33. The SMILES string of the molecule is Cc1cc(C)c2nccc(NC(=O)CN3C(=O)c4ccccc4C3=O)c2c1. The molecule has 0 atom stereocenters. The van der Waals surface area contributed by atoms with Crippen molar-refractivity contribution in [1.29, 1.82) is 0 Å². The third kappa shape index (κ3) is 2.85. The van der Waals surface area contributed by atoms with Crippen LogP contribution in [0.2, 0.25) is 0 Å². The van der Waals surface area contributed by atoms with E-state index >= 15 is 0 Å². The van der Waals surface area contributed by atoms with Crippen LogP contribution in [0, 0.1) is 13.8 Å². The Morgan fingerprint density at radius 1 is 1.04 bits per heavy atom. The lowest BCUT2D eigenvalue weighted by Crippen LogP contribution is -2.37. The monoisotopic (exact) mass is 359 g/mol. The summed E-state index contributed by atoms with van der Waals surface area (Å²) < 4.78 is 0. The minimum Gasteiger partial charge on any atom is -0.324 e. The lowest BCUT2D eigenvalue weighted by atomic mass is 10.1. The molecule has 3 amide bonds. The summed E-state index contributed by atoms with van der Waals surface area (Å²) in [6.45, 7) is 3.61. The van der Waals surface area contributed by atoms with Gasteiger partial charge in [-0.25, -0.2) is 0 Å². The zero-order valence-corrected chi connectivity index (χ0v) is 14.9. The second-order valence-corrected chi connectivity index (χ2v) is 6.63. The maximum Gasteiger partial charge on any atom is 0.262 e. The van der Waals surface area contributed by atoms with Gasteiger partial charge in [0.2, 0.25) is 5.91 Å². The van der Waals surface area contributed by atoms with Gasteiger partial charge in [-0.15, -0.1) is 0 Å². The molecule has 1 aliphatic heterocycles. The number of aryl methyl sites for hydroxylation is 2. The highest BCUT2D eigenvalue weighted by atomic mass is 16.2. The Hall–Kier alpha value is -3.54. The zero-order valence-electron chi connectivity index (χ0n) is 14.9. The van der Waals surface area contributed by atoms with Gasteiger partial charge >= 0.3 is 0 Å². The maximum atomic E-state index is 12.5. The van der Waals surface area contributed by atoms with Crippen LogP contribution in [0.1, 0.15) is 31.8 Å². The number of aromatic nitrogens is 1. The number of amides is 3. The van der Waals surface area contributed by atoms with E-state index in [4.69, 9.17) is 0 Å². The molecule has 134 valence electrons. The molecular formula is C21H17N3O3. The highest BCUT2D eigenvalue weighted by Crippen LogP contribution is 2.26. The standard InChI is InChI=1S/C21H17N3O3/c1-12-9-13(2)19-16(10-12)17(7-8-22-19)23-18(25)11-24-20(26)14-5-3-4-6-15(14)21(24)27/h3-10H,11H2,1-2H3,(H,22,23,25). The van der Waals surface area contributed by atoms with E-state index in [-0.39, 0.29) is 6.54 Å². The van der Waals surface area contributed by atoms with E-state index < -0.39 is 17.7 Å². The molecule has 0 spiro atoms. The molecule has 0 saturated heterocycles. The minimum atomic E-state index is -0.447. The lowest BCUT2D eigenvalue weighted by molar-refractivity contribution is -0.116. The molecule has 0 saturated carbocycles. The van der Waals surface area contributed by atoms with Gasteiger partial charge in [0, 0.05) is 11.6 Å². The fourth-order valence-corrected chi connectivity index (χ4v) is 3.44. The average molecular weight is 359 g/mol. The summed E-state index contributed by atoms with van der Waals surface area (Å²) in [4.78, 5) is 42.7. The molecule has 0 bridgehead atoms. The summed E-state index contributed by atoms with van der Waals surface area (Å²) in [6, 6.07) is 12.3. The van der Waals surface area contributed by atoms with Crippen molar-refractivity contribution >= 4 is 34.3 Å². The van der Waals surface area contributed by atoms with E-state index in [2.05, 4.69) is 10.3 Å². The highest BCUT2D eigenvalue weighted by Gasteiger charge is 2.36. The first-order chi connectivity index (χ1) is 13.0. The van der Waals surface area contributed by atoms with Crippen LogP contribution in [-0.4, -0.2) is 34.2 Å². The number of benzene rings is 2. The van der Waals surface area contributed by atoms with Crippen LogP contribution in [0.15, 0.2) is 48.7 Å². The van der Waals surface area contributed by atoms with Crippen molar-refractivity contribution in [2.75, 3.05) is 11.9 Å².